The molecule has 2 heterocycles. The van der Waals surface area contributed by atoms with Crippen molar-refractivity contribution >= 4 is 30.7 Å². The minimum atomic E-state index is -0.305. The fourth-order valence-electron chi connectivity index (χ4n) is 2.47. The average molecular weight is 328 g/mol. The Morgan fingerprint density at radius 3 is 2.65 bits per heavy atom. The van der Waals surface area contributed by atoms with Gasteiger partial charge >= 0.3 is 0 Å². The zero-order valence-corrected chi connectivity index (χ0v) is 13.7. The van der Waals surface area contributed by atoms with Crippen LogP contribution in [-0.4, -0.2) is 62.8 Å². The molecule has 2 aliphatic heterocycles. The maximum absolute atomic E-state index is 11.8. The largest absolute Gasteiger partial charge is 0.366 e. The summed E-state index contributed by atoms with van der Waals surface area (Å²) < 4.78 is 5.41. The number of carbonyl (C=O) groups excluding carboxylic acids is 1. The second kappa shape index (κ2) is 10.6. The van der Waals surface area contributed by atoms with Crippen molar-refractivity contribution in [1.82, 2.24) is 15.5 Å². The lowest BCUT2D eigenvalue weighted by Crippen LogP contribution is -2.49. The third kappa shape index (κ3) is 6.59. The van der Waals surface area contributed by atoms with E-state index in [1.807, 2.05) is 0 Å². The average Bonchev–Trinajstić information content (AvgIpc) is 2.42. The highest BCUT2D eigenvalue weighted by Gasteiger charge is 2.21. The lowest BCUT2D eigenvalue weighted by atomic mass is 9.99. The number of likely N-dealkylation sites (tertiary alicyclic amines) is 1. The van der Waals surface area contributed by atoms with Gasteiger partial charge in [0, 0.05) is 26.2 Å². The molecule has 0 aromatic rings. The number of carbonyl (C=O) groups is 1. The van der Waals surface area contributed by atoms with Gasteiger partial charge in [0.2, 0.25) is 0 Å². The molecule has 5 nitrogen and oxygen atoms in total. The molecule has 2 rings (SSSR count). The Hall–Kier alpha value is -0.0700. The molecule has 0 aromatic carbocycles. The Morgan fingerprint density at radius 2 is 2.05 bits per heavy atom. The van der Waals surface area contributed by atoms with E-state index in [1.165, 1.54) is 25.9 Å². The molecule has 2 N–H and O–H groups in total. The molecule has 20 heavy (non-hydrogen) atoms. The summed E-state index contributed by atoms with van der Waals surface area (Å²) in [6.07, 6.45) is 2.26. The summed E-state index contributed by atoms with van der Waals surface area (Å²) in [5.74, 6) is 0.880. The highest BCUT2D eigenvalue weighted by atomic mass is 35.5. The fourth-order valence-corrected chi connectivity index (χ4v) is 2.47. The van der Waals surface area contributed by atoms with E-state index in [1.54, 1.807) is 0 Å². The Labute approximate surface area is 134 Å². The van der Waals surface area contributed by atoms with Crippen LogP contribution in [0.4, 0.5) is 0 Å². The molecule has 0 saturated carbocycles. The predicted molar refractivity (Wildman–Crippen MR) is 85.0 cm³/mol. The molecule has 0 radical (unpaired) electrons. The number of morpholine rings is 1. The van der Waals surface area contributed by atoms with Crippen molar-refractivity contribution in [1.29, 1.82) is 0 Å². The van der Waals surface area contributed by atoms with Crippen molar-refractivity contribution in [2.24, 2.45) is 5.92 Å². The highest BCUT2D eigenvalue weighted by Crippen LogP contribution is 2.15. The third-order valence-electron chi connectivity index (χ3n) is 3.82. The molecule has 0 aliphatic carbocycles. The summed E-state index contributed by atoms with van der Waals surface area (Å²) in [5.41, 5.74) is 0. The fraction of sp³-hybridized carbons (Fsp3) is 0.923. The van der Waals surface area contributed by atoms with Crippen LogP contribution in [0.5, 0.6) is 0 Å². The third-order valence-corrected chi connectivity index (χ3v) is 3.82. The van der Waals surface area contributed by atoms with Gasteiger partial charge in [0.05, 0.1) is 6.61 Å². The lowest BCUT2D eigenvalue weighted by Gasteiger charge is -2.30. The first-order valence-electron chi connectivity index (χ1n) is 7.08. The van der Waals surface area contributed by atoms with Crippen molar-refractivity contribution < 1.29 is 9.53 Å². The number of ether oxygens (including phenoxy) is 1. The maximum atomic E-state index is 11.8. The molecule has 2 fully saturated rings. The molecule has 7 heteroatoms. The van der Waals surface area contributed by atoms with E-state index < -0.39 is 0 Å². The maximum Gasteiger partial charge on any atom is 0.250 e. The lowest BCUT2D eigenvalue weighted by molar-refractivity contribution is -0.134. The van der Waals surface area contributed by atoms with Crippen molar-refractivity contribution in [2.45, 2.75) is 25.9 Å². The van der Waals surface area contributed by atoms with Gasteiger partial charge in [-0.3, -0.25) is 4.79 Å². The zero-order valence-electron chi connectivity index (χ0n) is 12.1. The molecule has 2 saturated heterocycles. The number of nitrogens with zero attached hydrogens (tertiary/aromatic N) is 1. The Bertz CT molecular complexity index is 268. The van der Waals surface area contributed by atoms with Gasteiger partial charge in [-0.1, -0.05) is 6.92 Å². The van der Waals surface area contributed by atoms with Crippen molar-refractivity contribution in [3.8, 4) is 0 Å². The number of amides is 1. The van der Waals surface area contributed by atoms with Gasteiger partial charge in [0.1, 0.15) is 6.10 Å². The van der Waals surface area contributed by atoms with Gasteiger partial charge in [-0.05, 0) is 31.8 Å². The minimum absolute atomic E-state index is 0. The highest BCUT2D eigenvalue weighted by molar-refractivity contribution is 5.85. The number of rotatable bonds is 4. The van der Waals surface area contributed by atoms with Crippen LogP contribution >= 0.6 is 24.8 Å². The molecule has 1 unspecified atom stereocenters. The summed E-state index contributed by atoms with van der Waals surface area (Å²) in [5, 5.41) is 6.13. The SMILES string of the molecule is CC1CCN(CCNC(=O)C2CNCCO2)CC1.Cl.Cl. The van der Waals surface area contributed by atoms with Crippen LogP contribution in [0.25, 0.3) is 0 Å². The van der Waals surface area contributed by atoms with Gasteiger partial charge < -0.3 is 20.3 Å². The van der Waals surface area contributed by atoms with Gasteiger partial charge in [-0.2, -0.15) is 0 Å². The predicted octanol–water partition coefficient (Wildman–Crippen LogP) is 0.666. The van der Waals surface area contributed by atoms with E-state index in [2.05, 4.69) is 22.5 Å². The van der Waals surface area contributed by atoms with E-state index in [4.69, 9.17) is 4.74 Å². The monoisotopic (exact) mass is 327 g/mol. The molecule has 1 amide bonds. The van der Waals surface area contributed by atoms with Crippen molar-refractivity contribution in [3.05, 3.63) is 0 Å². The molecule has 1 atom stereocenters. The Kier molecular flexibility index (Phi) is 10.6. The van der Waals surface area contributed by atoms with Crippen LogP contribution in [-0.2, 0) is 9.53 Å². The smallest absolute Gasteiger partial charge is 0.250 e. The number of piperidine rings is 1. The summed E-state index contributed by atoms with van der Waals surface area (Å²) in [6, 6.07) is 0. The molecular formula is C13H27Cl2N3O2. The van der Waals surface area contributed by atoms with Gasteiger partial charge in [0.25, 0.3) is 5.91 Å². The van der Waals surface area contributed by atoms with Crippen LogP contribution in [0.1, 0.15) is 19.8 Å². The van der Waals surface area contributed by atoms with E-state index in [9.17, 15) is 4.79 Å². The van der Waals surface area contributed by atoms with Crippen molar-refractivity contribution in [3.63, 3.8) is 0 Å². The Balaban J connectivity index is 0.00000180. The second-order valence-electron chi connectivity index (χ2n) is 5.38. The van der Waals surface area contributed by atoms with Crippen LogP contribution in [0.15, 0.2) is 0 Å². The summed E-state index contributed by atoms with van der Waals surface area (Å²) >= 11 is 0. The minimum Gasteiger partial charge on any atom is -0.366 e. The van der Waals surface area contributed by atoms with Crippen LogP contribution in [0.3, 0.4) is 0 Å². The quantitative estimate of drug-likeness (QED) is 0.796. The molecule has 0 spiro atoms. The first kappa shape index (κ1) is 19.9. The van der Waals surface area contributed by atoms with Gasteiger partial charge in [-0.25, -0.2) is 0 Å². The van der Waals surface area contributed by atoms with Gasteiger partial charge in [0.15, 0.2) is 0 Å². The topological polar surface area (TPSA) is 53.6 Å². The number of halogens is 2. The zero-order chi connectivity index (χ0) is 12.8. The van der Waals surface area contributed by atoms with E-state index in [-0.39, 0.29) is 36.8 Å². The van der Waals surface area contributed by atoms with E-state index in [0.717, 1.165) is 25.6 Å². The molecule has 2 aliphatic rings. The summed E-state index contributed by atoms with van der Waals surface area (Å²) in [6.45, 7) is 8.43. The first-order valence-corrected chi connectivity index (χ1v) is 7.08. The number of hydrogen-bond donors (Lipinski definition) is 2. The van der Waals surface area contributed by atoms with Gasteiger partial charge in [-0.15, -0.1) is 24.8 Å². The summed E-state index contributed by atoms with van der Waals surface area (Å²) in [7, 11) is 0. The van der Waals surface area contributed by atoms with E-state index in [0.29, 0.717) is 13.2 Å². The van der Waals surface area contributed by atoms with Crippen molar-refractivity contribution in [2.75, 3.05) is 45.9 Å². The van der Waals surface area contributed by atoms with Crippen LogP contribution < -0.4 is 10.6 Å². The van der Waals surface area contributed by atoms with Crippen LogP contribution in [0, 0.1) is 5.92 Å². The molecule has 120 valence electrons. The van der Waals surface area contributed by atoms with Crippen LogP contribution in [0.2, 0.25) is 0 Å². The summed E-state index contributed by atoms with van der Waals surface area (Å²) in [4.78, 5) is 14.2. The second-order valence-corrected chi connectivity index (χ2v) is 5.38. The number of nitrogens with one attached hydrogen (secondary N) is 2. The standard InChI is InChI=1S/C13H25N3O2.2ClH/c1-11-2-6-16(7-3-11)8-4-15-13(17)12-10-14-5-9-18-12;;/h11-12,14H,2-10H2,1H3,(H,15,17);2*1H. The first-order chi connectivity index (χ1) is 8.75. The van der Waals surface area contributed by atoms with E-state index >= 15 is 0 Å². The normalized spacial score (nSPS) is 24.4. The molecular weight excluding hydrogens is 301 g/mol. The Morgan fingerprint density at radius 1 is 1.35 bits per heavy atom. The molecule has 0 bridgehead atoms. The number of hydrogen-bond acceptors (Lipinski definition) is 4. The molecule has 0 aromatic heterocycles.